The maximum Gasteiger partial charge on any atom is 0.444 e. The van der Waals surface area contributed by atoms with Crippen molar-refractivity contribution in [1.82, 2.24) is 4.57 Å². The van der Waals surface area contributed by atoms with Crippen LogP contribution in [0.5, 0.6) is 0 Å². The van der Waals surface area contributed by atoms with Gasteiger partial charge in [-0.25, -0.2) is 19.3 Å². The van der Waals surface area contributed by atoms with Gasteiger partial charge >= 0.3 is 5.69 Å². The molecule has 0 amide bonds. The van der Waals surface area contributed by atoms with Crippen molar-refractivity contribution in [3.8, 4) is 0 Å². The Morgan fingerprint density at radius 3 is 2.69 bits per heavy atom. The van der Waals surface area contributed by atoms with Crippen LogP contribution in [0.3, 0.4) is 0 Å². The summed E-state index contributed by atoms with van der Waals surface area (Å²) in [5, 5.41) is 1.64. The topological polar surface area (TPSA) is 63.0 Å². The second-order valence-electron chi connectivity index (χ2n) is 5.94. The zero-order valence-corrected chi connectivity index (χ0v) is 16.9. The first kappa shape index (κ1) is 19.3. The molecule has 1 atom stereocenters. The number of rotatable bonds is 2. The van der Waals surface area contributed by atoms with E-state index >= 15 is 0 Å². The summed E-state index contributed by atoms with van der Waals surface area (Å²) in [5.74, 6) is 0.822. The lowest BCUT2D eigenvalue weighted by molar-refractivity contribution is -0.678. The van der Waals surface area contributed by atoms with Crippen LogP contribution in [-0.2, 0) is 13.6 Å². The van der Waals surface area contributed by atoms with Crippen LogP contribution < -0.4 is 21.1 Å². The lowest BCUT2D eigenvalue weighted by atomic mass is 10.2. The van der Waals surface area contributed by atoms with Gasteiger partial charge in [0.1, 0.15) is 0 Å². The molecule has 1 aromatic carbocycles. The van der Waals surface area contributed by atoms with Crippen molar-refractivity contribution in [3.63, 3.8) is 0 Å². The summed E-state index contributed by atoms with van der Waals surface area (Å²) in [5.41, 5.74) is 0.920. The summed E-state index contributed by atoms with van der Waals surface area (Å²) in [6.07, 6.45) is 0.850. The second kappa shape index (κ2) is 6.93. The molecule has 0 saturated heterocycles. The molecule has 0 aliphatic carbocycles. The highest BCUT2D eigenvalue weighted by Crippen LogP contribution is 2.31. The quantitative estimate of drug-likeness (QED) is 0.528. The molecule has 0 N–H and O–H groups in total. The average molecular weight is 434 g/mol. The van der Waals surface area contributed by atoms with Crippen molar-refractivity contribution in [2.45, 2.75) is 25.9 Å². The first-order valence-corrected chi connectivity index (χ1v) is 8.87. The first-order chi connectivity index (χ1) is 11.9. The van der Waals surface area contributed by atoms with Crippen LogP contribution >= 0.6 is 47.2 Å². The van der Waals surface area contributed by atoms with Gasteiger partial charge in [-0.3, -0.25) is 0 Å². The van der Waals surface area contributed by atoms with Crippen LogP contribution in [0.15, 0.2) is 31.9 Å². The van der Waals surface area contributed by atoms with Crippen LogP contribution in [-0.4, -0.2) is 16.4 Å². The average Bonchev–Trinajstić information content (AvgIpc) is 3.20. The Kier molecular flexibility index (Phi) is 5.14. The predicted molar refractivity (Wildman–Crippen MR) is 103 cm³/mol. The van der Waals surface area contributed by atoms with E-state index in [1.54, 1.807) is 23.7 Å². The highest BCUT2D eigenvalue weighted by molar-refractivity contribution is 6.45. The molecule has 6 nitrogen and oxygen atoms in total. The molecule has 0 radical (unpaired) electrons. The summed E-state index contributed by atoms with van der Waals surface area (Å²) < 4.78 is 3.12. The van der Waals surface area contributed by atoms with Gasteiger partial charge in [0.25, 0.3) is 5.82 Å². The van der Waals surface area contributed by atoms with Gasteiger partial charge in [-0.1, -0.05) is 46.7 Å². The molecule has 0 saturated carbocycles. The minimum Gasteiger partial charge on any atom is -0.246 e. The smallest absolute Gasteiger partial charge is 0.246 e. The van der Waals surface area contributed by atoms with Crippen LogP contribution in [0.25, 0.3) is 0 Å². The van der Waals surface area contributed by atoms with Gasteiger partial charge in [0.05, 0.1) is 35.2 Å². The molecule has 0 fully saturated rings. The lowest BCUT2D eigenvalue weighted by Gasteiger charge is -2.02. The van der Waals surface area contributed by atoms with Crippen LogP contribution in [0.4, 0.5) is 5.82 Å². The molecule has 2 aliphatic rings. The fourth-order valence-electron chi connectivity index (χ4n) is 2.99. The molecular formula is C16H14Cl4N5O+. The third-order valence-electron chi connectivity index (χ3n) is 4.35. The number of halogens is 4. The van der Waals surface area contributed by atoms with E-state index in [4.69, 9.17) is 34.8 Å². The van der Waals surface area contributed by atoms with Gasteiger partial charge in [0.2, 0.25) is 16.7 Å². The lowest BCUT2D eigenvalue weighted by Crippen LogP contribution is -2.59. The number of nitrogens with zero attached hydrogens (tertiary/aromatic N) is 5. The van der Waals surface area contributed by atoms with Crippen molar-refractivity contribution in [2.24, 2.45) is 22.0 Å². The van der Waals surface area contributed by atoms with E-state index in [0.717, 1.165) is 6.42 Å². The molecule has 136 valence electrons. The van der Waals surface area contributed by atoms with Crippen molar-refractivity contribution in [1.29, 1.82) is 0 Å². The van der Waals surface area contributed by atoms with Crippen molar-refractivity contribution < 1.29 is 4.57 Å². The molecule has 10 heteroatoms. The SMILES string of the molecule is CC[C@@H]1Cn2c(c3c([n+](C)c2=O)N=C(c2cc(Cl)cc(Cl)c2Cl)N=3)=N1.Cl. The Labute approximate surface area is 169 Å². The Hall–Kier alpha value is -1.47. The van der Waals surface area contributed by atoms with Crippen molar-refractivity contribution in [3.05, 3.63) is 54.1 Å². The second-order valence-corrected chi connectivity index (χ2v) is 7.16. The Bertz CT molecular complexity index is 1140. The number of amidine groups is 1. The van der Waals surface area contributed by atoms with E-state index in [9.17, 15) is 4.79 Å². The number of fused-ring (bicyclic) bond motifs is 3. The fraction of sp³-hybridized carbons (Fsp3) is 0.312. The summed E-state index contributed by atoms with van der Waals surface area (Å²) in [7, 11) is 1.67. The predicted octanol–water partition coefficient (Wildman–Crippen LogP) is 2.18. The van der Waals surface area contributed by atoms with Gasteiger partial charge in [-0.2, -0.15) is 4.57 Å². The van der Waals surface area contributed by atoms with Crippen LogP contribution in [0, 0.1) is 0 Å². The Morgan fingerprint density at radius 1 is 1.27 bits per heavy atom. The number of hydrogen-bond donors (Lipinski definition) is 0. The number of aromatic nitrogens is 2. The largest absolute Gasteiger partial charge is 0.444 e. The molecule has 26 heavy (non-hydrogen) atoms. The molecule has 4 rings (SSSR count). The van der Waals surface area contributed by atoms with Crippen LogP contribution in [0.2, 0.25) is 15.1 Å². The van der Waals surface area contributed by atoms with E-state index in [0.29, 0.717) is 49.7 Å². The summed E-state index contributed by atoms with van der Waals surface area (Å²) in [6, 6.07) is 3.28. The van der Waals surface area contributed by atoms with E-state index < -0.39 is 0 Å². The third-order valence-corrected chi connectivity index (χ3v) is 5.37. The first-order valence-electron chi connectivity index (χ1n) is 7.73. The maximum atomic E-state index is 12.6. The summed E-state index contributed by atoms with van der Waals surface area (Å²) in [6.45, 7) is 2.60. The van der Waals surface area contributed by atoms with Gasteiger partial charge in [0.15, 0.2) is 0 Å². The van der Waals surface area contributed by atoms with Gasteiger partial charge < -0.3 is 0 Å². The molecule has 0 spiro atoms. The number of benzene rings is 1. The molecular weight excluding hydrogens is 420 g/mol. The van der Waals surface area contributed by atoms with Crippen molar-refractivity contribution >= 4 is 58.9 Å². The third kappa shape index (κ3) is 2.85. The summed E-state index contributed by atoms with van der Waals surface area (Å²) >= 11 is 18.5. The monoisotopic (exact) mass is 432 g/mol. The van der Waals surface area contributed by atoms with E-state index in [-0.39, 0.29) is 24.1 Å². The Balaban J connectivity index is 0.00000196. The van der Waals surface area contributed by atoms with Gasteiger partial charge in [-0.15, -0.1) is 12.4 Å². The minimum atomic E-state index is -0.163. The van der Waals surface area contributed by atoms with E-state index in [2.05, 4.69) is 15.0 Å². The molecule has 1 aromatic heterocycles. The van der Waals surface area contributed by atoms with Crippen molar-refractivity contribution in [2.75, 3.05) is 0 Å². The highest BCUT2D eigenvalue weighted by Gasteiger charge is 2.31. The highest BCUT2D eigenvalue weighted by atomic mass is 35.5. The number of aliphatic imine (C=N–C) groups is 1. The zero-order chi connectivity index (χ0) is 17.9. The van der Waals surface area contributed by atoms with Gasteiger partial charge in [0, 0.05) is 5.02 Å². The molecule has 3 heterocycles. The molecule has 2 aromatic rings. The molecule has 2 aliphatic heterocycles. The standard InChI is InChI=1S/C16H13Cl3N5O.ClH/c1-3-8-6-24-15(20-8)12-14(23(2)16(24)25)22-13(21-12)9-4-7(17)5-10(18)11(9)19;/h4-5,8H,3,6H2,1-2H3;1H/q+1;/t8-;/m1./s1. The Morgan fingerprint density at radius 2 is 2.00 bits per heavy atom. The van der Waals surface area contributed by atoms with E-state index in [1.165, 1.54) is 4.57 Å². The maximum absolute atomic E-state index is 12.6. The zero-order valence-electron chi connectivity index (χ0n) is 13.8. The molecule has 0 unspecified atom stereocenters. The molecule has 0 bridgehead atoms. The normalized spacial score (nSPS) is 17.0. The van der Waals surface area contributed by atoms with Gasteiger partial charge in [-0.05, 0) is 18.6 Å². The summed E-state index contributed by atoms with van der Waals surface area (Å²) in [4.78, 5) is 26.3. The van der Waals surface area contributed by atoms with E-state index in [1.807, 2.05) is 6.92 Å². The van der Waals surface area contributed by atoms with Crippen LogP contribution in [0.1, 0.15) is 18.9 Å². The minimum absolute atomic E-state index is 0. The number of hydrogen-bond acceptors (Lipinski definition) is 4. The fourth-order valence-corrected chi connectivity index (χ4v) is 3.67.